The lowest BCUT2D eigenvalue weighted by molar-refractivity contribution is -0.197. The fourth-order valence-electron chi connectivity index (χ4n) is 2.68. The summed E-state index contributed by atoms with van der Waals surface area (Å²) in [4.78, 5) is 13.0. The van der Waals surface area contributed by atoms with E-state index in [1.165, 1.54) is 0 Å². The van der Waals surface area contributed by atoms with E-state index in [4.69, 9.17) is 10.5 Å². The van der Waals surface area contributed by atoms with Gasteiger partial charge in [0.25, 0.3) is 0 Å². The molecule has 1 aliphatic rings. The summed E-state index contributed by atoms with van der Waals surface area (Å²) in [6.45, 7) is 0.363. The molecular formula is C16H21F3N2O2. The van der Waals surface area contributed by atoms with Gasteiger partial charge in [0.15, 0.2) is 0 Å². The number of halogens is 3. The van der Waals surface area contributed by atoms with Crippen LogP contribution in [-0.2, 0) is 16.1 Å². The van der Waals surface area contributed by atoms with Crippen molar-refractivity contribution in [2.75, 3.05) is 13.2 Å². The highest BCUT2D eigenvalue weighted by atomic mass is 19.4. The van der Waals surface area contributed by atoms with E-state index in [1.54, 1.807) is 0 Å². The van der Waals surface area contributed by atoms with Crippen molar-refractivity contribution in [3.8, 4) is 0 Å². The zero-order chi connectivity index (χ0) is 16.9. The second kappa shape index (κ2) is 7.79. The van der Waals surface area contributed by atoms with Gasteiger partial charge in [-0.05, 0) is 18.4 Å². The van der Waals surface area contributed by atoms with E-state index in [2.05, 4.69) is 0 Å². The molecule has 0 aliphatic carbocycles. The Bertz CT molecular complexity index is 508. The first-order valence-corrected chi connectivity index (χ1v) is 7.61. The highest BCUT2D eigenvalue weighted by molar-refractivity contribution is 5.77. The van der Waals surface area contributed by atoms with E-state index >= 15 is 0 Å². The number of carbonyl (C=O) groups excluding carboxylic acids is 1. The molecule has 1 saturated heterocycles. The van der Waals surface area contributed by atoms with E-state index < -0.39 is 24.2 Å². The number of hydrogen-bond acceptors (Lipinski definition) is 3. The SMILES string of the molecule is NC1CCC(C(F)(F)F)N(C(=O)CCOCc2ccccc2)C1. The fraction of sp³-hybridized carbons (Fsp3) is 0.562. The fourth-order valence-corrected chi connectivity index (χ4v) is 2.68. The molecule has 1 amide bonds. The van der Waals surface area contributed by atoms with Crippen molar-refractivity contribution in [3.05, 3.63) is 35.9 Å². The molecule has 2 rings (SSSR count). The number of nitrogens with two attached hydrogens (primary N) is 1. The summed E-state index contributed by atoms with van der Waals surface area (Å²) >= 11 is 0. The molecule has 7 heteroatoms. The van der Waals surface area contributed by atoms with Crippen molar-refractivity contribution in [2.45, 2.75) is 44.1 Å². The Kier molecular flexibility index (Phi) is 6.01. The lowest BCUT2D eigenvalue weighted by atomic mass is 9.98. The molecule has 0 aromatic heterocycles. The lowest BCUT2D eigenvalue weighted by Gasteiger charge is -2.39. The van der Waals surface area contributed by atoms with Gasteiger partial charge in [0.05, 0.1) is 19.6 Å². The van der Waals surface area contributed by atoms with Gasteiger partial charge < -0.3 is 15.4 Å². The predicted molar refractivity (Wildman–Crippen MR) is 79.5 cm³/mol. The van der Waals surface area contributed by atoms with Gasteiger partial charge >= 0.3 is 6.18 Å². The van der Waals surface area contributed by atoms with Crippen LogP contribution in [0.4, 0.5) is 13.2 Å². The third kappa shape index (κ3) is 5.21. The van der Waals surface area contributed by atoms with Gasteiger partial charge in [0.1, 0.15) is 6.04 Å². The normalized spacial score (nSPS) is 22.2. The zero-order valence-corrected chi connectivity index (χ0v) is 12.8. The third-order valence-electron chi connectivity index (χ3n) is 3.89. The maximum atomic E-state index is 13.0. The molecule has 128 valence electrons. The maximum absolute atomic E-state index is 13.0. The van der Waals surface area contributed by atoms with Crippen LogP contribution in [-0.4, -0.2) is 42.2 Å². The average molecular weight is 330 g/mol. The van der Waals surface area contributed by atoms with Crippen molar-refractivity contribution >= 4 is 5.91 Å². The Hall–Kier alpha value is -1.60. The third-order valence-corrected chi connectivity index (χ3v) is 3.89. The van der Waals surface area contributed by atoms with Gasteiger partial charge in [-0.2, -0.15) is 13.2 Å². The second-order valence-corrected chi connectivity index (χ2v) is 5.73. The summed E-state index contributed by atoms with van der Waals surface area (Å²) < 4.78 is 44.4. The minimum Gasteiger partial charge on any atom is -0.376 e. The van der Waals surface area contributed by atoms with Gasteiger partial charge in [0, 0.05) is 12.6 Å². The highest BCUT2D eigenvalue weighted by Crippen LogP contribution is 2.31. The zero-order valence-electron chi connectivity index (χ0n) is 12.8. The standard InChI is InChI=1S/C16H21F3N2O2/c17-16(18,19)14-7-6-13(20)10-21(14)15(22)8-9-23-11-12-4-2-1-3-5-12/h1-5,13-14H,6-11,20H2. The first-order chi connectivity index (χ1) is 10.9. The molecule has 1 fully saturated rings. The topological polar surface area (TPSA) is 55.6 Å². The van der Waals surface area contributed by atoms with Crippen molar-refractivity contribution in [3.63, 3.8) is 0 Å². The molecule has 2 atom stereocenters. The summed E-state index contributed by atoms with van der Waals surface area (Å²) in [5.41, 5.74) is 6.66. The molecule has 0 radical (unpaired) electrons. The van der Waals surface area contributed by atoms with E-state index in [-0.39, 0.29) is 32.4 Å². The number of ether oxygens (including phenoxy) is 1. The van der Waals surface area contributed by atoms with Gasteiger partial charge in [-0.3, -0.25) is 4.79 Å². The van der Waals surface area contributed by atoms with Crippen LogP contribution in [0.25, 0.3) is 0 Å². The predicted octanol–water partition coefficient (Wildman–Crippen LogP) is 2.47. The number of nitrogens with zero attached hydrogens (tertiary/aromatic N) is 1. The van der Waals surface area contributed by atoms with Crippen molar-refractivity contribution in [1.29, 1.82) is 0 Å². The summed E-state index contributed by atoms with van der Waals surface area (Å²) in [5.74, 6) is -0.560. The molecule has 23 heavy (non-hydrogen) atoms. The number of rotatable bonds is 5. The second-order valence-electron chi connectivity index (χ2n) is 5.73. The number of likely N-dealkylation sites (tertiary alicyclic amines) is 1. The molecule has 2 N–H and O–H groups in total. The van der Waals surface area contributed by atoms with Gasteiger partial charge in [-0.1, -0.05) is 30.3 Å². The summed E-state index contributed by atoms with van der Waals surface area (Å²) in [6, 6.07) is 7.24. The molecule has 1 aromatic rings. The van der Waals surface area contributed by atoms with Crippen LogP contribution < -0.4 is 5.73 Å². The Balaban J connectivity index is 1.82. The molecule has 0 saturated carbocycles. The quantitative estimate of drug-likeness (QED) is 0.844. The molecule has 0 bridgehead atoms. The Morgan fingerprint density at radius 3 is 2.61 bits per heavy atom. The van der Waals surface area contributed by atoms with Crippen LogP contribution in [0.5, 0.6) is 0 Å². The van der Waals surface area contributed by atoms with Crippen molar-refractivity contribution < 1.29 is 22.7 Å². The van der Waals surface area contributed by atoms with Crippen LogP contribution >= 0.6 is 0 Å². The first kappa shape index (κ1) is 17.7. The number of hydrogen-bond donors (Lipinski definition) is 1. The molecule has 1 heterocycles. The highest BCUT2D eigenvalue weighted by Gasteiger charge is 2.47. The lowest BCUT2D eigenvalue weighted by Crippen LogP contribution is -2.56. The van der Waals surface area contributed by atoms with Crippen LogP contribution in [0.3, 0.4) is 0 Å². The van der Waals surface area contributed by atoms with Crippen LogP contribution in [0.15, 0.2) is 30.3 Å². The van der Waals surface area contributed by atoms with Gasteiger partial charge in [-0.25, -0.2) is 0 Å². The summed E-state index contributed by atoms with van der Waals surface area (Å²) in [7, 11) is 0. The minimum absolute atomic E-state index is 0.0539. The monoisotopic (exact) mass is 330 g/mol. The minimum atomic E-state index is -4.42. The van der Waals surface area contributed by atoms with Gasteiger partial charge in [-0.15, -0.1) is 0 Å². The number of amides is 1. The molecule has 1 aromatic carbocycles. The van der Waals surface area contributed by atoms with Crippen molar-refractivity contribution in [2.24, 2.45) is 5.73 Å². The van der Waals surface area contributed by atoms with Crippen LogP contribution in [0.2, 0.25) is 0 Å². The maximum Gasteiger partial charge on any atom is 0.408 e. The summed E-state index contributed by atoms with van der Waals surface area (Å²) in [6.07, 6.45) is -4.35. The van der Waals surface area contributed by atoms with Crippen LogP contribution in [0, 0.1) is 0 Å². The number of benzene rings is 1. The average Bonchev–Trinajstić information content (AvgIpc) is 2.51. The Labute approximate surface area is 133 Å². The van der Waals surface area contributed by atoms with Gasteiger partial charge in [0.2, 0.25) is 5.91 Å². The molecular weight excluding hydrogens is 309 g/mol. The first-order valence-electron chi connectivity index (χ1n) is 7.61. The Morgan fingerprint density at radius 1 is 1.26 bits per heavy atom. The molecule has 2 unspecified atom stereocenters. The van der Waals surface area contributed by atoms with E-state index in [0.717, 1.165) is 10.5 Å². The number of carbonyl (C=O) groups is 1. The Morgan fingerprint density at radius 2 is 1.96 bits per heavy atom. The largest absolute Gasteiger partial charge is 0.408 e. The number of alkyl halides is 3. The summed E-state index contributed by atoms with van der Waals surface area (Å²) in [5, 5.41) is 0. The van der Waals surface area contributed by atoms with E-state index in [9.17, 15) is 18.0 Å². The molecule has 0 spiro atoms. The molecule has 1 aliphatic heterocycles. The van der Waals surface area contributed by atoms with E-state index in [1.807, 2.05) is 30.3 Å². The van der Waals surface area contributed by atoms with Crippen molar-refractivity contribution in [1.82, 2.24) is 4.90 Å². The number of piperidine rings is 1. The van der Waals surface area contributed by atoms with E-state index in [0.29, 0.717) is 6.61 Å². The molecule has 4 nitrogen and oxygen atoms in total. The smallest absolute Gasteiger partial charge is 0.376 e. The van der Waals surface area contributed by atoms with Crippen LogP contribution in [0.1, 0.15) is 24.8 Å².